The Morgan fingerprint density at radius 1 is 1.31 bits per heavy atom. The van der Waals surface area contributed by atoms with Crippen molar-refractivity contribution in [2.75, 3.05) is 13.7 Å². The second-order valence-corrected chi connectivity index (χ2v) is 3.84. The van der Waals surface area contributed by atoms with Gasteiger partial charge < -0.3 is 10.1 Å². The highest BCUT2D eigenvalue weighted by Crippen LogP contribution is 2.17. The second-order valence-electron chi connectivity index (χ2n) is 3.84. The van der Waals surface area contributed by atoms with Crippen LogP contribution in [0.4, 0.5) is 8.78 Å². The van der Waals surface area contributed by atoms with Crippen LogP contribution in [0.1, 0.15) is 25.5 Å². The fraction of sp³-hybridized carbons (Fsp3) is 0.500. The molecule has 0 saturated carbocycles. The third kappa shape index (κ3) is 3.54. The molecule has 0 radical (unpaired) electrons. The molecular weight excluding hydrogens is 212 g/mol. The average molecular weight is 229 g/mol. The second kappa shape index (κ2) is 5.92. The standard InChI is InChI=1S/C12H17F2NO/c1-8(16-3)7-15-9(2)11-5-4-10(13)6-12(11)14/h4-6,8-9,15H,7H2,1-3H3. The Morgan fingerprint density at radius 3 is 2.56 bits per heavy atom. The molecule has 0 heterocycles. The molecule has 0 spiro atoms. The molecule has 1 rings (SSSR count). The maximum atomic E-state index is 13.4. The molecule has 2 nitrogen and oxygen atoms in total. The third-order valence-corrected chi connectivity index (χ3v) is 2.54. The summed E-state index contributed by atoms with van der Waals surface area (Å²) in [5, 5.41) is 3.12. The highest BCUT2D eigenvalue weighted by molar-refractivity contribution is 5.21. The Hall–Kier alpha value is -1.00. The molecule has 0 aliphatic heterocycles. The third-order valence-electron chi connectivity index (χ3n) is 2.54. The van der Waals surface area contributed by atoms with Crippen molar-refractivity contribution in [3.05, 3.63) is 35.4 Å². The highest BCUT2D eigenvalue weighted by Gasteiger charge is 2.12. The molecule has 1 aromatic carbocycles. The van der Waals surface area contributed by atoms with E-state index < -0.39 is 11.6 Å². The number of ether oxygens (including phenoxy) is 1. The molecular formula is C12H17F2NO. The molecule has 1 aromatic rings. The molecule has 0 bridgehead atoms. The fourth-order valence-corrected chi connectivity index (χ4v) is 1.39. The molecule has 1 N–H and O–H groups in total. The van der Waals surface area contributed by atoms with Crippen molar-refractivity contribution in [3.8, 4) is 0 Å². The van der Waals surface area contributed by atoms with E-state index in [0.29, 0.717) is 12.1 Å². The molecule has 90 valence electrons. The first-order chi connectivity index (χ1) is 7.54. The van der Waals surface area contributed by atoms with Crippen LogP contribution in [0, 0.1) is 11.6 Å². The number of hydrogen-bond donors (Lipinski definition) is 1. The van der Waals surface area contributed by atoms with Gasteiger partial charge in [0.25, 0.3) is 0 Å². The zero-order valence-electron chi connectivity index (χ0n) is 9.76. The lowest BCUT2D eigenvalue weighted by Crippen LogP contribution is -2.28. The number of nitrogens with one attached hydrogen (secondary N) is 1. The van der Waals surface area contributed by atoms with E-state index in [2.05, 4.69) is 5.32 Å². The first-order valence-electron chi connectivity index (χ1n) is 5.25. The van der Waals surface area contributed by atoms with Gasteiger partial charge in [0.15, 0.2) is 0 Å². The zero-order chi connectivity index (χ0) is 12.1. The SMILES string of the molecule is COC(C)CNC(C)c1ccc(F)cc1F. The van der Waals surface area contributed by atoms with Crippen molar-refractivity contribution in [1.29, 1.82) is 0 Å². The maximum absolute atomic E-state index is 13.4. The summed E-state index contributed by atoms with van der Waals surface area (Å²) in [5.41, 5.74) is 0.463. The molecule has 16 heavy (non-hydrogen) atoms. The van der Waals surface area contributed by atoms with Crippen LogP contribution in [-0.4, -0.2) is 19.8 Å². The van der Waals surface area contributed by atoms with Gasteiger partial charge in [0.05, 0.1) is 6.10 Å². The van der Waals surface area contributed by atoms with Crippen LogP contribution in [0.25, 0.3) is 0 Å². The molecule has 0 aliphatic rings. The number of hydrogen-bond acceptors (Lipinski definition) is 2. The molecule has 4 heteroatoms. The van der Waals surface area contributed by atoms with E-state index in [4.69, 9.17) is 4.74 Å². The van der Waals surface area contributed by atoms with Crippen molar-refractivity contribution in [2.45, 2.75) is 26.0 Å². The zero-order valence-corrected chi connectivity index (χ0v) is 9.76. The minimum Gasteiger partial charge on any atom is -0.380 e. The van der Waals surface area contributed by atoms with E-state index >= 15 is 0 Å². The Bertz CT molecular complexity index is 344. The average Bonchev–Trinajstić information content (AvgIpc) is 2.25. The van der Waals surface area contributed by atoms with Gasteiger partial charge in [0.1, 0.15) is 11.6 Å². The van der Waals surface area contributed by atoms with E-state index in [0.717, 1.165) is 6.07 Å². The number of rotatable bonds is 5. The monoisotopic (exact) mass is 229 g/mol. The van der Waals surface area contributed by atoms with E-state index in [-0.39, 0.29) is 12.1 Å². The van der Waals surface area contributed by atoms with Gasteiger partial charge in [-0.1, -0.05) is 6.07 Å². The molecule has 0 aliphatic carbocycles. The van der Waals surface area contributed by atoms with Gasteiger partial charge in [-0.05, 0) is 19.9 Å². The summed E-state index contributed by atoms with van der Waals surface area (Å²) in [6, 6.07) is 3.45. The van der Waals surface area contributed by atoms with Crippen molar-refractivity contribution >= 4 is 0 Å². The van der Waals surface area contributed by atoms with Crippen molar-refractivity contribution in [3.63, 3.8) is 0 Å². The number of benzene rings is 1. The Labute approximate surface area is 94.6 Å². The van der Waals surface area contributed by atoms with E-state index in [1.165, 1.54) is 12.1 Å². The van der Waals surface area contributed by atoms with Crippen molar-refractivity contribution in [2.24, 2.45) is 0 Å². The van der Waals surface area contributed by atoms with Gasteiger partial charge in [-0.15, -0.1) is 0 Å². The summed E-state index contributed by atoms with van der Waals surface area (Å²) in [7, 11) is 1.62. The fourth-order valence-electron chi connectivity index (χ4n) is 1.39. The summed E-state index contributed by atoms with van der Waals surface area (Å²) in [6.45, 7) is 4.37. The topological polar surface area (TPSA) is 21.3 Å². The van der Waals surface area contributed by atoms with Gasteiger partial charge in [-0.25, -0.2) is 8.78 Å². The van der Waals surface area contributed by atoms with Gasteiger partial charge in [-0.3, -0.25) is 0 Å². The van der Waals surface area contributed by atoms with Crippen LogP contribution in [0.5, 0.6) is 0 Å². The summed E-state index contributed by atoms with van der Waals surface area (Å²) in [6.07, 6.45) is 0.0611. The molecule has 0 aromatic heterocycles. The van der Waals surface area contributed by atoms with E-state index in [1.807, 2.05) is 13.8 Å². The summed E-state index contributed by atoms with van der Waals surface area (Å²) in [5.74, 6) is -1.08. The van der Waals surface area contributed by atoms with Crippen LogP contribution in [0.2, 0.25) is 0 Å². The molecule has 2 unspecified atom stereocenters. The Kier molecular flexibility index (Phi) is 4.83. The smallest absolute Gasteiger partial charge is 0.130 e. The van der Waals surface area contributed by atoms with Crippen LogP contribution in [0.3, 0.4) is 0 Å². The van der Waals surface area contributed by atoms with Crippen LogP contribution >= 0.6 is 0 Å². The summed E-state index contributed by atoms with van der Waals surface area (Å²) >= 11 is 0. The van der Waals surface area contributed by atoms with E-state index in [1.54, 1.807) is 7.11 Å². The largest absolute Gasteiger partial charge is 0.380 e. The minimum absolute atomic E-state index is 0.0611. The first-order valence-corrected chi connectivity index (χ1v) is 5.25. The van der Waals surface area contributed by atoms with E-state index in [9.17, 15) is 8.78 Å². The molecule has 0 fully saturated rings. The van der Waals surface area contributed by atoms with Gasteiger partial charge in [-0.2, -0.15) is 0 Å². The van der Waals surface area contributed by atoms with Gasteiger partial charge >= 0.3 is 0 Å². The first kappa shape index (κ1) is 13.1. The molecule has 0 saturated heterocycles. The van der Waals surface area contributed by atoms with Crippen molar-refractivity contribution in [1.82, 2.24) is 5.32 Å². The van der Waals surface area contributed by atoms with Crippen LogP contribution < -0.4 is 5.32 Å². The van der Waals surface area contributed by atoms with Crippen molar-refractivity contribution < 1.29 is 13.5 Å². The van der Waals surface area contributed by atoms with Gasteiger partial charge in [0.2, 0.25) is 0 Å². The molecule has 0 amide bonds. The molecule has 2 atom stereocenters. The number of halogens is 2. The minimum atomic E-state index is -0.557. The summed E-state index contributed by atoms with van der Waals surface area (Å²) in [4.78, 5) is 0. The normalized spacial score (nSPS) is 14.8. The maximum Gasteiger partial charge on any atom is 0.130 e. The predicted octanol–water partition coefficient (Wildman–Crippen LogP) is 2.65. The lowest BCUT2D eigenvalue weighted by molar-refractivity contribution is 0.114. The Morgan fingerprint density at radius 2 is 2.00 bits per heavy atom. The quantitative estimate of drug-likeness (QED) is 0.838. The lowest BCUT2D eigenvalue weighted by Gasteiger charge is -2.17. The lowest BCUT2D eigenvalue weighted by atomic mass is 10.1. The van der Waals surface area contributed by atoms with Crippen LogP contribution in [0.15, 0.2) is 18.2 Å². The highest BCUT2D eigenvalue weighted by atomic mass is 19.1. The number of methoxy groups -OCH3 is 1. The van der Waals surface area contributed by atoms with Crippen LogP contribution in [-0.2, 0) is 4.74 Å². The van der Waals surface area contributed by atoms with Gasteiger partial charge in [0, 0.05) is 31.3 Å². The summed E-state index contributed by atoms with van der Waals surface area (Å²) < 4.78 is 31.2. The predicted molar refractivity (Wildman–Crippen MR) is 59.2 cm³/mol. The Balaban J connectivity index is 2.62.